The highest BCUT2D eigenvalue weighted by atomic mass is 127. The van der Waals surface area contributed by atoms with Crippen molar-refractivity contribution in [3.05, 3.63) is 57.2 Å². The lowest BCUT2D eigenvalue weighted by molar-refractivity contribution is -0.140. The second-order valence-electron chi connectivity index (χ2n) is 8.34. The van der Waals surface area contributed by atoms with Crippen molar-refractivity contribution in [2.45, 2.75) is 44.6 Å². The van der Waals surface area contributed by atoms with Crippen LogP contribution in [0.25, 0.3) is 11.1 Å². The topological polar surface area (TPSA) is 41.6 Å². The van der Waals surface area contributed by atoms with Gasteiger partial charge in [-0.25, -0.2) is 4.79 Å². The highest BCUT2D eigenvalue weighted by Crippen LogP contribution is 2.46. The summed E-state index contributed by atoms with van der Waals surface area (Å²) in [6.45, 7) is 5.68. The fraction of sp³-hybridized carbons (Fsp3) is 0.409. The molecule has 0 spiro atoms. The van der Waals surface area contributed by atoms with Gasteiger partial charge in [0.2, 0.25) is 0 Å². The number of nitrogens with one attached hydrogen (secondary N) is 1. The summed E-state index contributed by atoms with van der Waals surface area (Å²) in [4.78, 5) is 13.9. The Hall–Kier alpha value is -1.81. The third kappa shape index (κ3) is 4.74. The number of halogens is 4. The van der Waals surface area contributed by atoms with Gasteiger partial charge in [-0.05, 0) is 72.2 Å². The molecule has 30 heavy (non-hydrogen) atoms. The molecular weight excluding hydrogens is 508 g/mol. The van der Waals surface area contributed by atoms with Crippen LogP contribution in [0.2, 0.25) is 0 Å². The number of likely N-dealkylation sites (tertiary alicyclic amines) is 1. The molecule has 2 amide bonds. The molecule has 1 fully saturated rings. The van der Waals surface area contributed by atoms with Crippen molar-refractivity contribution in [1.82, 2.24) is 10.2 Å². The number of alkyl halides is 3. The van der Waals surface area contributed by atoms with Gasteiger partial charge in [-0.2, -0.15) is 13.2 Å². The number of amides is 2. The first-order valence-corrected chi connectivity index (χ1v) is 10.6. The summed E-state index contributed by atoms with van der Waals surface area (Å²) in [5, 5.41) is 2.83. The van der Waals surface area contributed by atoms with Crippen LogP contribution in [0.1, 0.15) is 37.8 Å². The van der Waals surface area contributed by atoms with Crippen molar-refractivity contribution in [2.75, 3.05) is 13.7 Å². The van der Waals surface area contributed by atoms with Crippen LogP contribution in [0.15, 0.2) is 42.5 Å². The van der Waals surface area contributed by atoms with Crippen LogP contribution in [0, 0.1) is 3.57 Å². The second-order valence-corrected chi connectivity index (χ2v) is 9.59. The van der Waals surface area contributed by atoms with Gasteiger partial charge in [-0.1, -0.05) is 30.3 Å². The van der Waals surface area contributed by atoms with Crippen LogP contribution in [-0.2, 0) is 10.9 Å². The average molecular weight is 532 g/mol. The van der Waals surface area contributed by atoms with Gasteiger partial charge in [0.1, 0.15) is 6.23 Å². The summed E-state index contributed by atoms with van der Waals surface area (Å²) < 4.78 is 48.9. The molecule has 1 heterocycles. The van der Waals surface area contributed by atoms with Crippen LogP contribution in [0.4, 0.5) is 18.0 Å². The van der Waals surface area contributed by atoms with Crippen LogP contribution in [0.5, 0.6) is 0 Å². The van der Waals surface area contributed by atoms with E-state index >= 15 is 0 Å². The molecule has 2 unspecified atom stereocenters. The van der Waals surface area contributed by atoms with Gasteiger partial charge in [0, 0.05) is 28.7 Å². The average Bonchev–Trinajstić information content (AvgIpc) is 2.59. The molecule has 0 bridgehead atoms. The Labute approximate surface area is 187 Å². The van der Waals surface area contributed by atoms with Crippen molar-refractivity contribution in [3.8, 4) is 11.1 Å². The molecule has 2 aromatic rings. The summed E-state index contributed by atoms with van der Waals surface area (Å²) in [6.07, 6.45) is -5.30. The summed E-state index contributed by atoms with van der Waals surface area (Å²) in [5.74, 6) is -0.568. The van der Waals surface area contributed by atoms with E-state index in [1.165, 1.54) is 24.1 Å². The smallest absolute Gasteiger partial charge is 0.361 e. The zero-order valence-corrected chi connectivity index (χ0v) is 19.3. The Morgan fingerprint density at radius 2 is 1.77 bits per heavy atom. The second kappa shape index (κ2) is 8.37. The molecular formula is C22H24F3IN2O2. The zero-order chi connectivity index (χ0) is 22.3. The van der Waals surface area contributed by atoms with Gasteiger partial charge in [-0.15, -0.1) is 0 Å². The number of methoxy groups -OCH3 is 1. The molecule has 0 aromatic heterocycles. The highest BCUT2D eigenvalue weighted by Gasteiger charge is 2.48. The van der Waals surface area contributed by atoms with Gasteiger partial charge >= 0.3 is 12.2 Å². The number of ether oxygens (including phenoxy) is 1. The van der Waals surface area contributed by atoms with Crippen LogP contribution < -0.4 is 5.32 Å². The fourth-order valence-electron chi connectivity index (χ4n) is 3.69. The van der Waals surface area contributed by atoms with E-state index in [0.29, 0.717) is 5.56 Å². The molecule has 3 rings (SSSR count). The monoisotopic (exact) mass is 532 g/mol. The normalized spacial score (nSPS) is 19.4. The van der Waals surface area contributed by atoms with Gasteiger partial charge in [0.05, 0.1) is 5.56 Å². The molecule has 1 aliphatic heterocycles. The van der Waals surface area contributed by atoms with Gasteiger partial charge in [0.15, 0.2) is 0 Å². The number of rotatable bonds is 3. The summed E-state index contributed by atoms with van der Waals surface area (Å²) in [6, 6.07) is 11.2. The standard InChI is InChI=1S/C22H24F3IN2O2/c1-21(2,3)27-20(29)28-12-17(19(28)30-4)16-7-5-6-15(18(16)22(23,24)25)13-8-10-14(26)11-9-13/h5-11,17,19H,12H2,1-4H3,(H,27,29). The van der Waals surface area contributed by atoms with E-state index in [-0.39, 0.29) is 23.7 Å². The minimum Gasteiger partial charge on any atom is -0.361 e. The maximum absolute atomic E-state index is 14.2. The van der Waals surface area contributed by atoms with Crippen LogP contribution in [-0.4, -0.2) is 36.4 Å². The SMILES string of the molecule is COC1C(c2cccc(-c3ccc(I)cc3)c2C(F)(F)F)CN1C(=O)NC(C)(C)C. The summed E-state index contributed by atoms with van der Waals surface area (Å²) >= 11 is 2.12. The lowest BCUT2D eigenvalue weighted by Gasteiger charge is -2.48. The quantitative estimate of drug-likeness (QED) is 0.504. The van der Waals surface area contributed by atoms with Crippen molar-refractivity contribution >= 4 is 28.6 Å². The zero-order valence-electron chi connectivity index (χ0n) is 17.2. The Balaban J connectivity index is 1.99. The Morgan fingerprint density at radius 1 is 1.13 bits per heavy atom. The molecule has 162 valence electrons. The number of hydrogen-bond donors (Lipinski definition) is 1. The van der Waals surface area contributed by atoms with Crippen molar-refractivity contribution < 1.29 is 22.7 Å². The van der Waals surface area contributed by atoms with Crippen molar-refractivity contribution in [1.29, 1.82) is 0 Å². The third-order valence-corrected chi connectivity index (χ3v) is 5.68. The largest absolute Gasteiger partial charge is 0.417 e. The van der Waals surface area contributed by atoms with E-state index in [0.717, 1.165) is 3.57 Å². The molecule has 1 N–H and O–H groups in total. The van der Waals surface area contributed by atoms with E-state index in [1.807, 2.05) is 20.8 Å². The van der Waals surface area contributed by atoms with E-state index in [4.69, 9.17) is 4.74 Å². The van der Waals surface area contributed by atoms with Gasteiger partial charge in [0.25, 0.3) is 0 Å². The van der Waals surface area contributed by atoms with E-state index in [1.54, 1.807) is 30.3 Å². The Morgan fingerprint density at radius 3 is 2.30 bits per heavy atom. The maximum atomic E-state index is 14.2. The minimum atomic E-state index is -4.54. The molecule has 2 atom stereocenters. The molecule has 0 saturated carbocycles. The first kappa shape index (κ1) is 22.9. The molecule has 2 aromatic carbocycles. The molecule has 0 radical (unpaired) electrons. The minimum absolute atomic E-state index is 0.129. The number of urea groups is 1. The number of nitrogens with zero attached hydrogens (tertiary/aromatic N) is 1. The number of hydrogen-bond acceptors (Lipinski definition) is 2. The van der Waals surface area contributed by atoms with E-state index in [9.17, 15) is 18.0 Å². The van der Waals surface area contributed by atoms with Gasteiger partial charge < -0.3 is 10.1 Å². The summed E-state index contributed by atoms with van der Waals surface area (Å²) in [7, 11) is 1.41. The Bertz CT molecular complexity index is 923. The molecule has 4 nitrogen and oxygen atoms in total. The third-order valence-electron chi connectivity index (χ3n) is 4.96. The van der Waals surface area contributed by atoms with Crippen LogP contribution in [0.3, 0.4) is 0 Å². The number of carbonyl (C=O) groups excluding carboxylic acids is 1. The number of benzene rings is 2. The lowest BCUT2D eigenvalue weighted by Crippen LogP contribution is -2.62. The predicted molar refractivity (Wildman–Crippen MR) is 118 cm³/mol. The fourth-order valence-corrected chi connectivity index (χ4v) is 4.04. The molecule has 1 aliphatic rings. The van der Waals surface area contributed by atoms with Crippen molar-refractivity contribution in [2.24, 2.45) is 0 Å². The number of carbonyl (C=O) groups is 1. The molecule has 8 heteroatoms. The first-order valence-electron chi connectivity index (χ1n) is 9.50. The summed E-state index contributed by atoms with van der Waals surface area (Å²) in [5.41, 5.74) is -0.356. The van der Waals surface area contributed by atoms with Crippen LogP contribution >= 0.6 is 22.6 Å². The van der Waals surface area contributed by atoms with E-state index in [2.05, 4.69) is 27.9 Å². The van der Waals surface area contributed by atoms with Gasteiger partial charge in [-0.3, -0.25) is 4.90 Å². The lowest BCUT2D eigenvalue weighted by atomic mass is 9.83. The Kier molecular flexibility index (Phi) is 6.38. The first-order chi connectivity index (χ1) is 13.9. The molecule has 1 saturated heterocycles. The molecule has 0 aliphatic carbocycles. The highest BCUT2D eigenvalue weighted by molar-refractivity contribution is 14.1. The maximum Gasteiger partial charge on any atom is 0.417 e. The van der Waals surface area contributed by atoms with Crippen molar-refractivity contribution in [3.63, 3.8) is 0 Å². The predicted octanol–water partition coefficient (Wildman–Crippen LogP) is 5.86. The van der Waals surface area contributed by atoms with E-state index < -0.39 is 29.4 Å².